The van der Waals surface area contributed by atoms with Crippen LogP contribution in [-0.4, -0.2) is 85.9 Å². The van der Waals surface area contributed by atoms with E-state index in [1.165, 1.54) is 0 Å². The number of imidazole rings is 1. The van der Waals surface area contributed by atoms with Gasteiger partial charge in [-0.1, -0.05) is 25.1 Å². The molecule has 0 N–H and O–H groups in total. The van der Waals surface area contributed by atoms with Crippen LogP contribution >= 0.6 is 0 Å². The van der Waals surface area contributed by atoms with E-state index in [1.807, 2.05) is 64.7 Å². The van der Waals surface area contributed by atoms with Gasteiger partial charge in [0.2, 0.25) is 0 Å². The number of hydroxylamine groups is 3. The highest BCUT2D eigenvalue weighted by atomic mass is 16.5. The fourth-order valence-electron chi connectivity index (χ4n) is 5.71. The van der Waals surface area contributed by atoms with E-state index < -0.39 is 0 Å². The molecule has 0 bridgehead atoms. The van der Waals surface area contributed by atoms with Gasteiger partial charge in [0.25, 0.3) is 0 Å². The molecule has 1 aliphatic rings. The number of aromatic nitrogens is 5. The lowest BCUT2D eigenvalue weighted by molar-refractivity contribution is -0.865. The maximum absolute atomic E-state index is 13.6. The number of ketones is 1. The van der Waals surface area contributed by atoms with E-state index in [4.69, 9.17) is 9.84 Å². The van der Waals surface area contributed by atoms with Gasteiger partial charge in [-0.3, -0.25) is 23.8 Å². The quantitative estimate of drug-likeness (QED) is 0.143. The Balaban J connectivity index is 1.16. The van der Waals surface area contributed by atoms with Gasteiger partial charge >= 0.3 is 0 Å². The third-order valence-electron chi connectivity index (χ3n) is 8.11. The maximum atomic E-state index is 13.6. The van der Waals surface area contributed by atoms with Crippen LogP contribution < -0.4 is 4.74 Å². The molecule has 0 saturated carbocycles. The molecular weight excluding hydrogens is 530 g/mol. The van der Waals surface area contributed by atoms with Crippen LogP contribution in [0.5, 0.6) is 5.75 Å². The molecule has 0 aliphatic carbocycles. The summed E-state index contributed by atoms with van der Waals surface area (Å²) in [6.45, 7) is 8.74. The van der Waals surface area contributed by atoms with E-state index in [9.17, 15) is 10.0 Å². The zero-order valence-electron chi connectivity index (χ0n) is 24.5. The molecule has 6 rings (SSSR count). The Bertz CT molecular complexity index is 1730. The second-order valence-electron chi connectivity index (χ2n) is 11.3. The van der Waals surface area contributed by atoms with E-state index in [1.54, 1.807) is 13.2 Å². The van der Waals surface area contributed by atoms with Crippen molar-refractivity contribution in [3.8, 4) is 5.75 Å². The van der Waals surface area contributed by atoms with Gasteiger partial charge in [0.15, 0.2) is 5.78 Å². The fraction of sp³-hybridized carbons (Fsp3) is 0.375. The molecule has 0 unspecified atom stereocenters. The number of nitrogens with zero attached hydrogens (tertiary/aromatic N) is 7. The number of hydrogen-bond donors (Lipinski definition) is 0. The summed E-state index contributed by atoms with van der Waals surface area (Å²) in [6, 6.07) is 15.8. The number of likely N-dealkylation sites (N-methyl/N-ethyl adjacent to an activating group) is 1. The first kappa shape index (κ1) is 28.0. The van der Waals surface area contributed by atoms with Crippen molar-refractivity contribution in [3.63, 3.8) is 0 Å². The lowest BCUT2D eigenvalue weighted by Crippen LogP contribution is -2.54. The molecule has 0 radical (unpaired) electrons. The van der Waals surface area contributed by atoms with Crippen LogP contribution in [0.1, 0.15) is 40.1 Å². The van der Waals surface area contributed by atoms with Crippen LogP contribution in [0.25, 0.3) is 16.6 Å². The van der Waals surface area contributed by atoms with Crippen molar-refractivity contribution in [1.82, 2.24) is 29.0 Å². The predicted molar refractivity (Wildman–Crippen MR) is 162 cm³/mol. The zero-order valence-corrected chi connectivity index (χ0v) is 24.5. The topological polar surface area (TPSA) is 101 Å². The number of benzene rings is 1. The summed E-state index contributed by atoms with van der Waals surface area (Å²) in [4.78, 5) is 25.0. The number of Topliss-reactive ketones (excluding diaryl/α,β-unsaturated/α-hetero) is 1. The number of carbonyl (C=O) groups excluding carboxylic acids is 1. The molecule has 1 fully saturated rings. The van der Waals surface area contributed by atoms with Crippen molar-refractivity contribution in [2.75, 3.05) is 46.4 Å². The van der Waals surface area contributed by atoms with Crippen LogP contribution in [0.3, 0.4) is 0 Å². The van der Waals surface area contributed by atoms with Gasteiger partial charge < -0.3 is 14.6 Å². The van der Waals surface area contributed by atoms with Crippen molar-refractivity contribution >= 4 is 22.3 Å². The van der Waals surface area contributed by atoms with Gasteiger partial charge in [-0.15, -0.1) is 0 Å². The van der Waals surface area contributed by atoms with Gasteiger partial charge in [0, 0.05) is 49.4 Å². The molecule has 10 heteroatoms. The van der Waals surface area contributed by atoms with Crippen molar-refractivity contribution in [1.29, 1.82) is 0 Å². The molecular formula is C32H37N7O3. The lowest BCUT2D eigenvalue weighted by atomic mass is 10.0. The first-order valence-electron chi connectivity index (χ1n) is 14.6. The van der Waals surface area contributed by atoms with Gasteiger partial charge in [-0.2, -0.15) is 5.10 Å². The minimum absolute atomic E-state index is 0.00676. The molecule has 42 heavy (non-hydrogen) atoms. The number of hydrogen-bond acceptors (Lipinski definition) is 7. The molecule has 1 aromatic carbocycles. The summed E-state index contributed by atoms with van der Waals surface area (Å²) in [6.07, 6.45) is 4.50. The molecule has 4 aromatic heterocycles. The van der Waals surface area contributed by atoms with E-state index in [-0.39, 0.29) is 16.9 Å². The molecule has 218 valence electrons. The molecule has 5 aromatic rings. The number of piperazine rings is 1. The zero-order chi connectivity index (χ0) is 29.3. The average molecular weight is 568 g/mol. The SMILES string of the molecule is CCc1nn(Cc2cccc(C)n2)c2cccc(CC(=O)c3cnc4cc(OCCN5CC[N+](C)([O-])CC5)ccn34)c12. The highest BCUT2D eigenvalue weighted by molar-refractivity contribution is 5.99. The first-order valence-corrected chi connectivity index (χ1v) is 14.6. The van der Waals surface area contributed by atoms with Gasteiger partial charge in [0.1, 0.15) is 23.7 Å². The van der Waals surface area contributed by atoms with Crippen molar-refractivity contribution in [2.24, 2.45) is 0 Å². The highest BCUT2D eigenvalue weighted by Crippen LogP contribution is 2.26. The Hall–Kier alpha value is -4.12. The first-order chi connectivity index (χ1) is 20.3. The molecule has 1 aliphatic heterocycles. The largest absolute Gasteiger partial charge is 0.633 e. The van der Waals surface area contributed by atoms with Crippen LogP contribution in [0.4, 0.5) is 0 Å². The minimum atomic E-state index is -0.167. The Morgan fingerprint density at radius 3 is 2.71 bits per heavy atom. The summed E-state index contributed by atoms with van der Waals surface area (Å²) in [5.41, 5.74) is 6.08. The number of ether oxygens (including phenoxy) is 1. The van der Waals surface area contributed by atoms with Crippen LogP contribution in [0.15, 0.2) is 60.9 Å². The highest BCUT2D eigenvalue weighted by Gasteiger charge is 2.21. The summed E-state index contributed by atoms with van der Waals surface area (Å²) in [5, 5.41) is 18.0. The summed E-state index contributed by atoms with van der Waals surface area (Å²) >= 11 is 0. The summed E-state index contributed by atoms with van der Waals surface area (Å²) < 4.78 is 9.63. The van der Waals surface area contributed by atoms with Crippen molar-refractivity contribution in [2.45, 2.75) is 33.2 Å². The van der Waals surface area contributed by atoms with Crippen LogP contribution in [0.2, 0.25) is 0 Å². The van der Waals surface area contributed by atoms with E-state index >= 15 is 0 Å². The second kappa shape index (κ2) is 11.6. The second-order valence-corrected chi connectivity index (χ2v) is 11.3. The van der Waals surface area contributed by atoms with E-state index in [0.29, 0.717) is 43.3 Å². The molecule has 0 spiro atoms. The summed E-state index contributed by atoms with van der Waals surface area (Å²) in [7, 11) is 1.73. The lowest BCUT2D eigenvalue weighted by Gasteiger charge is -2.45. The third-order valence-corrected chi connectivity index (χ3v) is 8.11. The van der Waals surface area contributed by atoms with Gasteiger partial charge in [0.05, 0.1) is 49.8 Å². The predicted octanol–water partition coefficient (Wildman–Crippen LogP) is 4.06. The Kier molecular flexibility index (Phi) is 7.76. The number of fused-ring (bicyclic) bond motifs is 2. The Morgan fingerprint density at radius 1 is 1.12 bits per heavy atom. The smallest absolute Gasteiger partial charge is 0.185 e. The molecule has 1 saturated heterocycles. The molecule has 0 atom stereocenters. The van der Waals surface area contributed by atoms with Gasteiger partial charge in [-0.05, 0) is 43.2 Å². The van der Waals surface area contributed by atoms with Crippen molar-refractivity contribution < 1.29 is 14.2 Å². The van der Waals surface area contributed by atoms with Crippen LogP contribution in [-0.2, 0) is 19.4 Å². The number of pyridine rings is 2. The fourth-order valence-corrected chi connectivity index (χ4v) is 5.71. The molecule has 10 nitrogen and oxygen atoms in total. The summed E-state index contributed by atoms with van der Waals surface area (Å²) in [5.74, 6) is 0.703. The molecule has 5 heterocycles. The minimum Gasteiger partial charge on any atom is -0.633 e. The van der Waals surface area contributed by atoms with Gasteiger partial charge in [-0.25, -0.2) is 4.98 Å². The monoisotopic (exact) mass is 567 g/mol. The number of aryl methyl sites for hydroxylation is 2. The number of quaternary nitrogens is 1. The maximum Gasteiger partial charge on any atom is 0.185 e. The Morgan fingerprint density at radius 2 is 1.93 bits per heavy atom. The number of rotatable bonds is 10. The van der Waals surface area contributed by atoms with E-state index in [0.717, 1.165) is 59.6 Å². The Labute approximate surface area is 245 Å². The average Bonchev–Trinajstić information content (AvgIpc) is 3.56. The standard InChI is InChI=1S/C32H37N7O3/c1-4-27-32-24(8-6-10-28(32)38(35-27)22-25-9-5-7-23(2)34-25)19-30(40)29-21-33-31-20-26(11-12-37(29)31)42-18-15-36-13-16-39(3,41)17-14-36/h5-12,20-21H,4,13-19,22H2,1-3H3. The van der Waals surface area contributed by atoms with Crippen LogP contribution in [0, 0.1) is 12.1 Å². The normalized spacial score (nSPS) is 15.4. The third kappa shape index (κ3) is 5.92. The molecule has 0 amide bonds. The van der Waals surface area contributed by atoms with E-state index in [2.05, 4.69) is 27.9 Å². The number of carbonyl (C=O) groups is 1. The van der Waals surface area contributed by atoms with Crippen molar-refractivity contribution in [3.05, 3.63) is 94.5 Å².